The average Bonchev–Trinajstić information content (AvgIpc) is 2.50. The Hall–Kier alpha value is -1.86. The predicted molar refractivity (Wildman–Crippen MR) is 89.3 cm³/mol. The van der Waals surface area contributed by atoms with Crippen LogP contribution in [0.4, 0.5) is 11.4 Å². The molecule has 0 radical (unpaired) electrons. The number of para-hydroxylation sites is 2. The van der Waals surface area contributed by atoms with Gasteiger partial charge in [-0.25, -0.2) is 0 Å². The van der Waals surface area contributed by atoms with Crippen molar-refractivity contribution in [2.24, 2.45) is 5.73 Å². The van der Waals surface area contributed by atoms with Crippen LogP contribution in [0.3, 0.4) is 0 Å². The van der Waals surface area contributed by atoms with Gasteiger partial charge in [0.05, 0.1) is 11.5 Å². The van der Waals surface area contributed by atoms with Crippen molar-refractivity contribution in [2.75, 3.05) is 18.4 Å². The summed E-state index contributed by atoms with van der Waals surface area (Å²) in [5.41, 5.74) is 5.95. The fraction of sp³-hybridized carbons (Fsp3) is 0.500. The summed E-state index contributed by atoms with van der Waals surface area (Å²) in [7, 11) is 0. The Morgan fingerprint density at radius 2 is 1.91 bits per heavy atom. The molecular weight excluding hydrogens is 308 g/mol. The van der Waals surface area contributed by atoms with Crippen molar-refractivity contribution in [1.82, 2.24) is 5.32 Å². The third-order valence-electron chi connectivity index (χ3n) is 3.59. The number of carbonyl (C=O) groups excluding carboxylic acids is 1. The van der Waals surface area contributed by atoms with E-state index in [0.29, 0.717) is 12.2 Å². The van der Waals surface area contributed by atoms with E-state index in [1.54, 1.807) is 18.2 Å². The minimum absolute atomic E-state index is 0. The van der Waals surface area contributed by atoms with Gasteiger partial charge in [0, 0.05) is 18.2 Å². The molecule has 7 nitrogen and oxygen atoms in total. The molecule has 1 aromatic carbocycles. The number of anilines is 1. The molecule has 0 aliphatic carbocycles. The average molecular weight is 331 g/mol. The standard InChI is InChI=1S/C14H22N4O3.ClH/c1-3-14(15,4-2)10-17-13(19)9-16-11-7-5-6-8-12(11)18(20)21;/h5-8,16H,3-4,9-10,15H2,1-2H3,(H,17,19);1H. The van der Waals surface area contributed by atoms with Gasteiger partial charge in [0.2, 0.25) is 5.91 Å². The Morgan fingerprint density at radius 3 is 2.45 bits per heavy atom. The van der Waals surface area contributed by atoms with Crippen LogP contribution in [-0.2, 0) is 4.79 Å². The summed E-state index contributed by atoms with van der Waals surface area (Å²) in [5.74, 6) is -0.245. The molecule has 0 atom stereocenters. The fourth-order valence-electron chi connectivity index (χ4n) is 1.79. The minimum Gasteiger partial charge on any atom is -0.371 e. The van der Waals surface area contributed by atoms with Gasteiger partial charge in [-0.05, 0) is 18.9 Å². The summed E-state index contributed by atoms with van der Waals surface area (Å²) >= 11 is 0. The van der Waals surface area contributed by atoms with Crippen LogP contribution in [0.25, 0.3) is 0 Å². The molecule has 0 bridgehead atoms. The number of amides is 1. The molecule has 0 heterocycles. The fourth-order valence-corrected chi connectivity index (χ4v) is 1.79. The first-order valence-corrected chi connectivity index (χ1v) is 6.94. The SMILES string of the molecule is CCC(N)(CC)CNC(=O)CNc1ccccc1[N+](=O)[O-].Cl. The summed E-state index contributed by atoms with van der Waals surface area (Å²) < 4.78 is 0. The lowest BCUT2D eigenvalue weighted by Gasteiger charge is -2.26. The van der Waals surface area contributed by atoms with E-state index in [2.05, 4.69) is 10.6 Å². The number of hydrogen-bond acceptors (Lipinski definition) is 5. The molecule has 0 saturated heterocycles. The molecule has 1 amide bonds. The van der Waals surface area contributed by atoms with E-state index in [1.165, 1.54) is 6.07 Å². The van der Waals surface area contributed by atoms with Crippen LogP contribution < -0.4 is 16.4 Å². The zero-order valence-electron chi connectivity index (χ0n) is 12.8. The van der Waals surface area contributed by atoms with E-state index in [4.69, 9.17) is 5.73 Å². The molecule has 22 heavy (non-hydrogen) atoms. The van der Waals surface area contributed by atoms with Gasteiger partial charge in [-0.1, -0.05) is 26.0 Å². The van der Waals surface area contributed by atoms with Crippen LogP contribution in [0.5, 0.6) is 0 Å². The van der Waals surface area contributed by atoms with Crippen molar-refractivity contribution >= 4 is 29.7 Å². The zero-order chi connectivity index (χ0) is 15.9. The number of benzene rings is 1. The maximum absolute atomic E-state index is 11.8. The van der Waals surface area contributed by atoms with Crippen LogP contribution in [0.2, 0.25) is 0 Å². The Morgan fingerprint density at radius 1 is 1.32 bits per heavy atom. The molecule has 0 aromatic heterocycles. The number of nitrogens with one attached hydrogen (secondary N) is 2. The number of rotatable bonds is 8. The molecule has 8 heteroatoms. The molecule has 0 saturated carbocycles. The number of nitrogens with zero attached hydrogens (tertiary/aromatic N) is 1. The van der Waals surface area contributed by atoms with E-state index in [0.717, 1.165) is 12.8 Å². The number of nitro benzene ring substituents is 1. The Bertz CT molecular complexity index is 507. The van der Waals surface area contributed by atoms with Gasteiger partial charge in [-0.3, -0.25) is 14.9 Å². The van der Waals surface area contributed by atoms with E-state index < -0.39 is 10.5 Å². The van der Waals surface area contributed by atoms with Gasteiger partial charge >= 0.3 is 0 Å². The van der Waals surface area contributed by atoms with Crippen molar-refractivity contribution in [1.29, 1.82) is 0 Å². The molecule has 0 fully saturated rings. The van der Waals surface area contributed by atoms with Crippen LogP contribution in [0.1, 0.15) is 26.7 Å². The molecule has 0 spiro atoms. The monoisotopic (exact) mass is 330 g/mol. The summed E-state index contributed by atoms with van der Waals surface area (Å²) in [6.07, 6.45) is 1.53. The van der Waals surface area contributed by atoms with E-state index >= 15 is 0 Å². The smallest absolute Gasteiger partial charge is 0.292 e. The first-order valence-electron chi connectivity index (χ1n) is 6.94. The highest BCUT2D eigenvalue weighted by Gasteiger charge is 2.21. The predicted octanol–water partition coefficient (Wildman–Crippen LogP) is 2.06. The normalized spacial score (nSPS) is 10.5. The number of nitrogens with two attached hydrogens (primary N) is 1. The summed E-state index contributed by atoms with van der Waals surface area (Å²) in [5, 5.41) is 16.4. The van der Waals surface area contributed by atoms with E-state index in [9.17, 15) is 14.9 Å². The number of halogens is 1. The highest BCUT2D eigenvalue weighted by Crippen LogP contribution is 2.22. The lowest BCUT2D eigenvalue weighted by atomic mass is 9.94. The van der Waals surface area contributed by atoms with Crippen LogP contribution in [0, 0.1) is 10.1 Å². The first-order chi connectivity index (χ1) is 9.91. The Labute approximate surface area is 136 Å². The van der Waals surface area contributed by atoms with Crippen LogP contribution >= 0.6 is 12.4 Å². The van der Waals surface area contributed by atoms with Gasteiger partial charge in [0.25, 0.3) is 5.69 Å². The Balaban J connectivity index is 0.00000441. The van der Waals surface area contributed by atoms with Crippen molar-refractivity contribution in [3.05, 3.63) is 34.4 Å². The highest BCUT2D eigenvalue weighted by molar-refractivity contribution is 5.85. The van der Waals surface area contributed by atoms with Crippen molar-refractivity contribution < 1.29 is 9.72 Å². The maximum atomic E-state index is 11.8. The molecule has 4 N–H and O–H groups in total. The van der Waals surface area contributed by atoms with Crippen molar-refractivity contribution in [3.8, 4) is 0 Å². The van der Waals surface area contributed by atoms with E-state index in [1.807, 2.05) is 13.8 Å². The van der Waals surface area contributed by atoms with Crippen molar-refractivity contribution in [3.63, 3.8) is 0 Å². The number of nitro groups is 1. The molecule has 124 valence electrons. The minimum atomic E-state index is -0.487. The summed E-state index contributed by atoms with van der Waals surface area (Å²) in [6, 6.07) is 6.21. The third kappa shape index (κ3) is 5.87. The molecule has 0 aliphatic rings. The molecule has 1 aromatic rings. The van der Waals surface area contributed by atoms with Gasteiger partial charge < -0.3 is 16.4 Å². The Kier molecular flexibility index (Phi) is 8.44. The first kappa shape index (κ1) is 20.1. The molecule has 0 aliphatic heterocycles. The molecular formula is C14H23ClN4O3. The molecule has 1 rings (SSSR count). The number of hydrogen-bond donors (Lipinski definition) is 3. The van der Waals surface area contributed by atoms with Gasteiger partial charge in [-0.15, -0.1) is 12.4 Å². The van der Waals surface area contributed by atoms with Crippen LogP contribution in [0.15, 0.2) is 24.3 Å². The van der Waals surface area contributed by atoms with Gasteiger partial charge in [-0.2, -0.15) is 0 Å². The second-order valence-corrected chi connectivity index (χ2v) is 4.97. The largest absolute Gasteiger partial charge is 0.371 e. The quantitative estimate of drug-likeness (QED) is 0.499. The highest BCUT2D eigenvalue weighted by atomic mass is 35.5. The van der Waals surface area contributed by atoms with Crippen molar-refractivity contribution in [2.45, 2.75) is 32.2 Å². The number of carbonyl (C=O) groups is 1. The summed E-state index contributed by atoms with van der Waals surface area (Å²) in [6.45, 7) is 4.30. The maximum Gasteiger partial charge on any atom is 0.292 e. The van der Waals surface area contributed by atoms with Gasteiger partial charge in [0.1, 0.15) is 5.69 Å². The van der Waals surface area contributed by atoms with Gasteiger partial charge in [0.15, 0.2) is 0 Å². The second-order valence-electron chi connectivity index (χ2n) is 4.97. The zero-order valence-corrected chi connectivity index (χ0v) is 13.6. The van der Waals surface area contributed by atoms with Crippen LogP contribution in [-0.4, -0.2) is 29.5 Å². The lowest BCUT2D eigenvalue weighted by Crippen LogP contribution is -2.50. The summed E-state index contributed by atoms with van der Waals surface area (Å²) in [4.78, 5) is 22.1. The van der Waals surface area contributed by atoms with E-state index in [-0.39, 0.29) is 30.5 Å². The molecule has 0 unspecified atom stereocenters. The second kappa shape index (κ2) is 9.22. The third-order valence-corrected chi connectivity index (χ3v) is 3.59. The lowest BCUT2D eigenvalue weighted by molar-refractivity contribution is -0.383. The topological polar surface area (TPSA) is 110 Å².